The molecule has 0 atom stereocenters. The number of hydrogen-bond acceptors (Lipinski definition) is 3. The molecule has 0 heterocycles. The van der Waals surface area contributed by atoms with Crippen LogP contribution in [0.1, 0.15) is 22.8 Å². The van der Waals surface area contributed by atoms with Crippen LogP contribution in [-0.4, -0.2) is 12.9 Å². The molecule has 0 aliphatic heterocycles. The molecule has 2 aromatic carbocycles. The van der Waals surface area contributed by atoms with Crippen LogP contribution in [0.4, 0.5) is 0 Å². The van der Waals surface area contributed by atoms with Crippen molar-refractivity contribution in [3.63, 3.8) is 0 Å². The van der Waals surface area contributed by atoms with Crippen molar-refractivity contribution in [2.75, 3.05) is 7.11 Å². The first kappa shape index (κ1) is 15.9. The number of carbonyl (C=O) groups is 1. The Balaban J connectivity index is 2.16. The Morgan fingerprint density at radius 2 is 1.90 bits per heavy atom. The smallest absolute Gasteiger partial charge is 0.163 e. The lowest BCUT2D eigenvalue weighted by atomic mass is 10.1. The van der Waals surface area contributed by atoms with Crippen LogP contribution in [0.5, 0.6) is 11.5 Å². The summed E-state index contributed by atoms with van der Waals surface area (Å²) in [6.07, 6.45) is 0. The van der Waals surface area contributed by atoms with E-state index in [1.165, 1.54) is 6.92 Å². The number of halogens is 2. The number of benzene rings is 2. The number of carbonyl (C=O) groups excluding carboxylic acids is 1. The van der Waals surface area contributed by atoms with E-state index in [4.69, 9.17) is 21.1 Å². The molecule has 0 aliphatic rings. The molecule has 0 N–H and O–H groups in total. The van der Waals surface area contributed by atoms with Crippen molar-refractivity contribution in [2.24, 2.45) is 0 Å². The second kappa shape index (κ2) is 6.96. The molecule has 0 radical (unpaired) electrons. The summed E-state index contributed by atoms with van der Waals surface area (Å²) in [6.45, 7) is 1.84. The van der Waals surface area contributed by atoms with Gasteiger partial charge in [0, 0.05) is 5.02 Å². The largest absolute Gasteiger partial charge is 0.496 e. The van der Waals surface area contributed by atoms with Crippen LogP contribution in [0.2, 0.25) is 5.02 Å². The lowest BCUT2D eigenvalue weighted by molar-refractivity contribution is 0.101. The van der Waals surface area contributed by atoms with Gasteiger partial charge in [-0.1, -0.05) is 17.7 Å². The highest BCUT2D eigenvalue weighted by molar-refractivity contribution is 9.10. The molecule has 5 heteroatoms. The van der Waals surface area contributed by atoms with Crippen LogP contribution in [0.15, 0.2) is 40.9 Å². The molecule has 2 aromatic rings. The first-order valence-electron chi connectivity index (χ1n) is 6.27. The maximum absolute atomic E-state index is 11.6. The summed E-state index contributed by atoms with van der Waals surface area (Å²) in [5.74, 6) is 1.21. The maximum Gasteiger partial charge on any atom is 0.163 e. The van der Waals surface area contributed by atoms with Gasteiger partial charge in [0.25, 0.3) is 0 Å². The monoisotopic (exact) mass is 368 g/mol. The first-order chi connectivity index (χ1) is 10.0. The lowest BCUT2D eigenvalue weighted by Crippen LogP contribution is -2.02. The van der Waals surface area contributed by atoms with Gasteiger partial charge in [-0.3, -0.25) is 4.79 Å². The van der Waals surface area contributed by atoms with Gasteiger partial charge in [0.2, 0.25) is 0 Å². The summed E-state index contributed by atoms with van der Waals surface area (Å²) in [5.41, 5.74) is 1.45. The molecule has 2 rings (SSSR count). The van der Waals surface area contributed by atoms with Gasteiger partial charge in [-0.05, 0) is 58.7 Å². The van der Waals surface area contributed by atoms with E-state index in [2.05, 4.69) is 15.9 Å². The summed E-state index contributed by atoms with van der Waals surface area (Å²) in [7, 11) is 1.61. The number of ketones is 1. The van der Waals surface area contributed by atoms with E-state index in [0.717, 1.165) is 15.8 Å². The number of Topliss-reactive ketones (excluding diaryl/α,β-unsaturated/α-hetero) is 1. The third-order valence-corrected chi connectivity index (χ3v) is 3.79. The summed E-state index contributed by atoms with van der Waals surface area (Å²) in [4.78, 5) is 11.6. The zero-order valence-corrected chi connectivity index (χ0v) is 14.0. The van der Waals surface area contributed by atoms with E-state index in [9.17, 15) is 4.79 Å². The van der Waals surface area contributed by atoms with Crippen LogP contribution < -0.4 is 9.47 Å². The van der Waals surface area contributed by atoms with Crippen molar-refractivity contribution in [2.45, 2.75) is 13.5 Å². The summed E-state index contributed by atoms with van der Waals surface area (Å²) in [6, 6.07) is 10.7. The number of ether oxygens (including phenoxy) is 2. The predicted octanol–water partition coefficient (Wildman–Crippen LogP) is 4.89. The second-order valence-electron chi connectivity index (χ2n) is 4.45. The fourth-order valence-electron chi connectivity index (χ4n) is 1.86. The Morgan fingerprint density at radius 1 is 1.19 bits per heavy atom. The average Bonchev–Trinajstić information content (AvgIpc) is 2.46. The third kappa shape index (κ3) is 3.99. The molecule has 0 spiro atoms. The van der Waals surface area contributed by atoms with Crippen molar-refractivity contribution < 1.29 is 14.3 Å². The molecule has 0 amide bonds. The summed E-state index contributed by atoms with van der Waals surface area (Å²) >= 11 is 9.33. The third-order valence-electron chi connectivity index (χ3n) is 2.93. The normalized spacial score (nSPS) is 10.3. The van der Waals surface area contributed by atoms with Crippen molar-refractivity contribution >= 4 is 33.3 Å². The second-order valence-corrected chi connectivity index (χ2v) is 5.75. The zero-order valence-electron chi connectivity index (χ0n) is 11.7. The Bertz CT molecular complexity index is 671. The van der Waals surface area contributed by atoms with Crippen LogP contribution in [0.3, 0.4) is 0 Å². The highest BCUT2D eigenvalue weighted by Crippen LogP contribution is 2.27. The van der Waals surface area contributed by atoms with Gasteiger partial charge >= 0.3 is 0 Å². The molecule has 0 unspecified atom stereocenters. The highest BCUT2D eigenvalue weighted by Gasteiger charge is 2.10. The van der Waals surface area contributed by atoms with Gasteiger partial charge in [0.05, 0.1) is 17.1 Å². The molecule has 0 aliphatic carbocycles. The molecular formula is C16H14BrClO3. The molecule has 21 heavy (non-hydrogen) atoms. The van der Waals surface area contributed by atoms with Crippen LogP contribution in [-0.2, 0) is 6.61 Å². The quantitative estimate of drug-likeness (QED) is 0.704. The number of methoxy groups -OCH3 is 1. The maximum atomic E-state index is 11.6. The van der Waals surface area contributed by atoms with Gasteiger partial charge in [-0.25, -0.2) is 0 Å². The van der Waals surface area contributed by atoms with Crippen LogP contribution in [0.25, 0.3) is 0 Å². The van der Waals surface area contributed by atoms with E-state index < -0.39 is 0 Å². The molecule has 0 aromatic heterocycles. The van der Waals surface area contributed by atoms with Gasteiger partial charge in [0.1, 0.15) is 18.1 Å². The van der Waals surface area contributed by atoms with Gasteiger partial charge < -0.3 is 9.47 Å². The molecule has 0 saturated carbocycles. The fraction of sp³-hybridized carbons (Fsp3) is 0.188. The standard InChI is InChI=1S/C16H14BrClO3/c1-10(19)13-8-12(18)4-6-15(13)21-9-11-3-5-16(20-2)14(17)7-11/h3-8H,9H2,1-2H3. The minimum Gasteiger partial charge on any atom is -0.496 e. The number of rotatable bonds is 5. The lowest BCUT2D eigenvalue weighted by Gasteiger charge is -2.11. The van der Waals surface area contributed by atoms with Gasteiger partial charge in [-0.15, -0.1) is 0 Å². The molecule has 0 fully saturated rings. The van der Waals surface area contributed by atoms with Crippen LogP contribution >= 0.6 is 27.5 Å². The summed E-state index contributed by atoms with van der Waals surface area (Å²) < 4.78 is 11.8. The minimum absolute atomic E-state index is 0.0802. The van der Waals surface area contributed by atoms with Gasteiger partial charge in [0.15, 0.2) is 5.78 Å². The summed E-state index contributed by atoms with van der Waals surface area (Å²) in [5, 5.41) is 0.514. The SMILES string of the molecule is COc1ccc(COc2ccc(Cl)cc2C(C)=O)cc1Br. The average molecular weight is 370 g/mol. The Kier molecular flexibility index (Phi) is 5.26. The number of hydrogen-bond donors (Lipinski definition) is 0. The molecule has 0 bridgehead atoms. The van der Waals surface area contributed by atoms with Gasteiger partial charge in [-0.2, -0.15) is 0 Å². The minimum atomic E-state index is -0.0802. The fourth-order valence-corrected chi connectivity index (χ4v) is 2.62. The van der Waals surface area contributed by atoms with Crippen molar-refractivity contribution in [1.29, 1.82) is 0 Å². The molecular weight excluding hydrogens is 356 g/mol. The highest BCUT2D eigenvalue weighted by atomic mass is 79.9. The first-order valence-corrected chi connectivity index (χ1v) is 7.44. The van der Waals surface area contributed by atoms with Crippen molar-refractivity contribution in [1.82, 2.24) is 0 Å². The van der Waals surface area contributed by atoms with E-state index in [0.29, 0.717) is 22.9 Å². The Hall–Kier alpha value is -1.52. The van der Waals surface area contributed by atoms with E-state index in [1.54, 1.807) is 25.3 Å². The molecule has 110 valence electrons. The molecule has 3 nitrogen and oxygen atoms in total. The van der Waals surface area contributed by atoms with E-state index in [1.807, 2.05) is 18.2 Å². The molecule has 0 saturated heterocycles. The predicted molar refractivity (Wildman–Crippen MR) is 86.5 cm³/mol. The Labute approximate surface area is 137 Å². The van der Waals surface area contributed by atoms with Crippen molar-refractivity contribution in [3.05, 3.63) is 57.0 Å². The van der Waals surface area contributed by atoms with E-state index >= 15 is 0 Å². The Morgan fingerprint density at radius 3 is 2.52 bits per heavy atom. The van der Waals surface area contributed by atoms with E-state index in [-0.39, 0.29) is 5.78 Å². The van der Waals surface area contributed by atoms with Crippen molar-refractivity contribution in [3.8, 4) is 11.5 Å². The topological polar surface area (TPSA) is 35.5 Å². The zero-order chi connectivity index (χ0) is 15.4. The van der Waals surface area contributed by atoms with Crippen LogP contribution in [0, 0.1) is 0 Å².